The molecule has 5 aliphatic carbocycles. The van der Waals surface area contributed by atoms with Gasteiger partial charge in [-0.25, -0.2) is 0 Å². The first-order chi connectivity index (χ1) is 22.8. The first kappa shape index (κ1) is 28.8. The zero-order valence-electron chi connectivity index (χ0n) is 26.6. The summed E-state index contributed by atoms with van der Waals surface area (Å²) in [4.78, 5) is 0. The summed E-state index contributed by atoms with van der Waals surface area (Å²) in [6, 6.07) is 21.3. The summed E-state index contributed by atoms with van der Waals surface area (Å²) < 4.78 is 0. The van der Waals surface area contributed by atoms with Gasteiger partial charge in [-0.2, -0.15) is 0 Å². The molecule has 0 saturated heterocycles. The standard InChI is InChI=1S/C46H42/c1-5-15-34(16-6-1)41-23-13-24-42(35-17-7-2-8-18-35)45(41)38-29-27-33-28-30-39(32-40(33)31-38)46-43(36-19-9-3-10-20-36)25-14-26-44(46)37-21-11-4-12-22-37/h1,3,5-7,9-11,13-15,17-19,21-25,27-32,34,36,44H,2,4,8,12,16,20,26H2. The highest BCUT2D eigenvalue weighted by Crippen LogP contribution is 2.45. The molecule has 5 aliphatic rings. The molecule has 0 bridgehead atoms. The van der Waals surface area contributed by atoms with Crippen molar-refractivity contribution in [1.29, 1.82) is 0 Å². The first-order valence-electron chi connectivity index (χ1n) is 17.3. The molecule has 3 unspecified atom stereocenters. The smallest absolute Gasteiger partial charge is 0.0130 e. The highest BCUT2D eigenvalue weighted by molar-refractivity contribution is 5.95. The van der Waals surface area contributed by atoms with Gasteiger partial charge in [0, 0.05) is 17.8 Å². The van der Waals surface area contributed by atoms with Crippen LogP contribution >= 0.6 is 0 Å². The molecule has 0 radical (unpaired) electrons. The van der Waals surface area contributed by atoms with Gasteiger partial charge in [0.25, 0.3) is 0 Å². The van der Waals surface area contributed by atoms with Crippen molar-refractivity contribution in [1.82, 2.24) is 0 Å². The molecule has 0 heterocycles. The molecule has 0 N–H and O–H groups in total. The Morgan fingerprint density at radius 2 is 1.30 bits per heavy atom. The third-order valence-electron chi connectivity index (χ3n) is 10.4. The van der Waals surface area contributed by atoms with Gasteiger partial charge >= 0.3 is 0 Å². The predicted molar refractivity (Wildman–Crippen MR) is 198 cm³/mol. The lowest BCUT2D eigenvalue weighted by Crippen LogP contribution is -2.15. The van der Waals surface area contributed by atoms with Gasteiger partial charge in [0.2, 0.25) is 0 Å². The Kier molecular flexibility index (Phi) is 8.11. The van der Waals surface area contributed by atoms with Crippen LogP contribution in [0.2, 0.25) is 0 Å². The third-order valence-corrected chi connectivity index (χ3v) is 10.4. The number of hydrogen-bond donors (Lipinski definition) is 0. The first-order valence-corrected chi connectivity index (χ1v) is 17.3. The highest BCUT2D eigenvalue weighted by atomic mass is 14.3. The molecule has 3 aromatic rings. The third kappa shape index (κ3) is 5.62. The maximum absolute atomic E-state index is 2.49. The molecule has 0 spiro atoms. The van der Waals surface area contributed by atoms with Gasteiger partial charge < -0.3 is 0 Å². The topological polar surface area (TPSA) is 0 Å². The zero-order chi connectivity index (χ0) is 30.7. The van der Waals surface area contributed by atoms with E-state index in [2.05, 4.69) is 152 Å². The molecule has 0 nitrogen and oxygen atoms in total. The summed E-state index contributed by atoms with van der Waals surface area (Å²) in [5, 5.41) is 2.61. The monoisotopic (exact) mass is 594 g/mol. The molecule has 0 aliphatic heterocycles. The average molecular weight is 595 g/mol. The number of hydrogen-bond acceptors (Lipinski definition) is 0. The van der Waals surface area contributed by atoms with Crippen molar-refractivity contribution in [3.05, 3.63) is 180 Å². The molecule has 226 valence electrons. The Labute approximate surface area is 274 Å². The average Bonchev–Trinajstić information content (AvgIpc) is 3.15. The lowest BCUT2D eigenvalue weighted by Gasteiger charge is -2.31. The van der Waals surface area contributed by atoms with Crippen LogP contribution < -0.4 is 0 Å². The molecule has 3 aromatic carbocycles. The van der Waals surface area contributed by atoms with Crippen LogP contribution in [0.25, 0.3) is 33.0 Å². The van der Waals surface area contributed by atoms with Gasteiger partial charge in [-0.05, 0) is 118 Å². The van der Waals surface area contributed by atoms with Crippen molar-refractivity contribution < 1.29 is 0 Å². The number of benzene rings is 3. The highest BCUT2D eigenvalue weighted by Gasteiger charge is 2.28. The summed E-state index contributed by atoms with van der Waals surface area (Å²) in [5.41, 5.74) is 12.6. The molecular weight excluding hydrogens is 553 g/mol. The normalized spacial score (nSPS) is 23.7. The van der Waals surface area contributed by atoms with E-state index in [1.165, 1.54) is 60.9 Å². The molecule has 3 atom stereocenters. The number of fused-ring (bicyclic) bond motifs is 1. The Hall–Kier alpha value is -4.68. The van der Waals surface area contributed by atoms with Crippen LogP contribution in [0.3, 0.4) is 0 Å². The Balaban J connectivity index is 1.29. The minimum Gasteiger partial charge on any atom is -0.0839 e. The van der Waals surface area contributed by atoms with E-state index in [-0.39, 0.29) is 0 Å². The van der Waals surface area contributed by atoms with E-state index in [4.69, 9.17) is 0 Å². The molecular formula is C46H42. The van der Waals surface area contributed by atoms with Crippen molar-refractivity contribution in [3.8, 4) is 11.1 Å². The van der Waals surface area contributed by atoms with Crippen LogP contribution in [0.4, 0.5) is 0 Å². The summed E-state index contributed by atoms with van der Waals surface area (Å²) >= 11 is 0. The van der Waals surface area contributed by atoms with Crippen LogP contribution in [-0.4, -0.2) is 0 Å². The minimum atomic E-state index is 0.382. The maximum Gasteiger partial charge on any atom is 0.0130 e. The van der Waals surface area contributed by atoms with E-state index < -0.39 is 0 Å². The van der Waals surface area contributed by atoms with Crippen molar-refractivity contribution in [3.63, 3.8) is 0 Å². The van der Waals surface area contributed by atoms with E-state index in [9.17, 15) is 0 Å². The van der Waals surface area contributed by atoms with E-state index >= 15 is 0 Å². The van der Waals surface area contributed by atoms with Crippen LogP contribution in [0.5, 0.6) is 0 Å². The quantitative estimate of drug-likeness (QED) is 0.266. The Morgan fingerprint density at radius 1 is 0.543 bits per heavy atom. The molecule has 0 fully saturated rings. The fourth-order valence-corrected chi connectivity index (χ4v) is 8.07. The van der Waals surface area contributed by atoms with E-state index in [0.29, 0.717) is 17.8 Å². The second-order valence-electron chi connectivity index (χ2n) is 13.2. The van der Waals surface area contributed by atoms with Gasteiger partial charge in [-0.3, -0.25) is 0 Å². The Morgan fingerprint density at radius 3 is 2.04 bits per heavy atom. The zero-order valence-corrected chi connectivity index (χ0v) is 26.6. The van der Waals surface area contributed by atoms with Gasteiger partial charge in [0.1, 0.15) is 0 Å². The molecule has 0 saturated carbocycles. The molecule has 0 amide bonds. The van der Waals surface area contributed by atoms with Crippen LogP contribution in [-0.2, 0) is 0 Å². The molecule has 8 rings (SSSR count). The van der Waals surface area contributed by atoms with Crippen LogP contribution in [0.1, 0.15) is 67.6 Å². The molecule has 46 heavy (non-hydrogen) atoms. The predicted octanol–water partition coefficient (Wildman–Crippen LogP) is 12.6. The summed E-state index contributed by atoms with van der Waals surface area (Å²) in [5.74, 6) is 1.19. The van der Waals surface area contributed by atoms with Crippen molar-refractivity contribution in [2.45, 2.75) is 50.9 Å². The summed E-state index contributed by atoms with van der Waals surface area (Å²) in [7, 11) is 0. The fourth-order valence-electron chi connectivity index (χ4n) is 8.07. The molecule has 0 heteroatoms. The lowest BCUT2D eigenvalue weighted by molar-refractivity contribution is 0.731. The second kappa shape index (κ2) is 13.0. The summed E-state index contributed by atoms with van der Waals surface area (Å²) in [6.45, 7) is 0. The van der Waals surface area contributed by atoms with Gasteiger partial charge in [-0.1, -0.05) is 140 Å². The Bertz CT molecular complexity index is 1970. The van der Waals surface area contributed by atoms with E-state index in [1.807, 2.05) is 0 Å². The fraction of sp³-hybridized carbons (Fsp3) is 0.217. The second-order valence-corrected chi connectivity index (χ2v) is 13.2. The molecule has 0 aromatic heterocycles. The minimum absolute atomic E-state index is 0.382. The number of rotatable bonds is 6. The van der Waals surface area contributed by atoms with Gasteiger partial charge in [-0.15, -0.1) is 0 Å². The van der Waals surface area contributed by atoms with Gasteiger partial charge in [0.15, 0.2) is 0 Å². The SMILES string of the molecule is C1=CCC(C2=C(c3ccc4ccc(-c5c(C6=CCCC=C6)cccc5C5C=CC=CC5)cc4c3)C(C3=CCCC=C3)CC=C2)C=C1. The van der Waals surface area contributed by atoms with Crippen molar-refractivity contribution in [2.75, 3.05) is 0 Å². The lowest BCUT2D eigenvalue weighted by atomic mass is 9.73. The summed E-state index contributed by atoms with van der Waals surface area (Å²) in [6.07, 6.45) is 45.1. The van der Waals surface area contributed by atoms with Gasteiger partial charge in [0.05, 0.1) is 0 Å². The maximum atomic E-state index is 2.49. The van der Waals surface area contributed by atoms with Crippen molar-refractivity contribution in [2.24, 2.45) is 11.8 Å². The van der Waals surface area contributed by atoms with Crippen LogP contribution in [0, 0.1) is 11.8 Å². The largest absolute Gasteiger partial charge is 0.0839 e. The van der Waals surface area contributed by atoms with Crippen LogP contribution in [0.15, 0.2) is 163 Å². The van der Waals surface area contributed by atoms with E-state index in [1.54, 1.807) is 0 Å². The number of allylic oxidation sites excluding steroid dienone is 20. The van der Waals surface area contributed by atoms with E-state index in [0.717, 1.165) is 44.9 Å². The van der Waals surface area contributed by atoms with Crippen molar-refractivity contribution >= 4 is 21.9 Å².